The summed E-state index contributed by atoms with van der Waals surface area (Å²) in [5.74, 6) is -2.21. The van der Waals surface area contributed by atoms with Crippen LogP contribution in [0.3, 0.4) is 0 Å². The quantitative estimate of drug-likeness (QED) is 0.876. The van der Waals surface area contributed by atoms with Crippen molar-refractivity contribution in [3.8, 4) is 11.5 Å². The second-order valence-electron chi connectivity index (χ2n) is 4.69. The van der Waals surface area contributed by atoms with E-state index in [2.05, 4.69) is 5.32 Å². The Labute approximate surface area is 122 Å². The van der Waals surface area contributed by atoms with Gasteiger partial charge in [0.2, 0.25) is 0 Å². The van der Waals surface area contributed by atoms with Crippen LogP contribution in [-0.4, -0.2) is 11.7 Å². The maximum absolute atomic E-state index is 13.3. The van der Waals surface area contributed by atoms with Crippen LogP contribution in [0, 0.1) is 18.6 Å². The Kier molecular flexibility index (Phi) is 4.62. The van der Waals surface area contributed by atoms with E-state index in [1.54, 1.807) is 0 Å². The van der Waals surface area contributed by atoms with Crippen LogP contribution < -0.4 is 10.1 Å². The molecule has 0 atom stereocenters. The van der Waals surface area contributed by atoms with E-state index in [1.807, 2.05) is 32.0 Å². The predicted octanol–water partition coefficient (Wildman–Crippen LogP) is 3.99. The molecule has 0 saturated heterocycles. The monoisotopic (exact) mass is 293 g/mol. The molecule has 0 unspecified atom stereocenters. The average Bonchev–Trinajstić information content (AvgIpc) is 2.44. The van der Waals surface area contributed by atoms with Gasteiger partial charge in [0.15, 0.2) is 17.4 Å². The number of rotatable bonds is 5. The first-order chi connectivity index (χ1) is 10.0. The number of halogens is 2. The number of aromatic hydroxyl groups is 1. The fourth-order valence-corrected chi connectivity index (χ4v) is 1.97. The van der Waals surface area contributed by atoms with E-state index in [9.17, 15) is 8.78 Å². The van der Waals surface area contributed by atoms with Crippen molar-refractivity contribution in [1.29, 1.82) is 0 Å². The minimum Gasteiger partial charge on any atom is -0.503 e. The maximum Gasteiger partial charge on any atom is 0.187 e. The Morgan fingerprint density at radius 1 is 1.14 bits per heavy atom. The van der Waals surface area contributed by atoms with E-state index in [4.69, 9.17) is 9.84 Å². The van der Waals surface area contributed by atoms with Crippen LogP contribution in [0.5, 0.6) is 11.5 Å². The molecular formula is C16H17F2NO2. The van der Waals surface area contributed by atoms with Crippen molar-refractivity contribution >= 4 is 5.69 Å². The average molecular weight is 293 g/mol. The maximum atomic E-state index is 13.3. The molecule has 0 aromatic heterocycles. The van der Waals surface area contributed by atoms with E-state index in [0.29, 0.717) is 17.9 Å². The molecule has 21 heavy (non-hydrogen) atoms. The van der Waals surface area contributed by atoms with Crippen molar-refractivity contribution in [2.45, 2.75) is 20.4 Å². The SMILES string of the molecule is CCOc1cc(C)ccc1NCc1cc(F)c(O)c(F)c1. The lowest BCUT2D eigenvalue weighted by atomic mass is 10.1. The van der Waals surface area contributed by atoms with Crippen LogP contribution in [0.15, 0.2) is 30.3 Å². The molecule has 0 radical (unpaired) electrons. The van der Waals surface area contributed by atoms with Gasteiger partial charge in [0.1, 0.15) is 5.75 Å². The number of aryl methyl sites for hydroxylation is 1. The van der Waals surface area contributed by atoms with Gasteiger partial charge in [-0.3, -0.25) is 0 Å². The molecule has 2 aromatic rings. The smallest absolute Gasteiger partial charge is 0.187 e. The van der Waals surface area contributed by atoms with Crippen molar-refractivity contribution in [2.75, 3.05) is 11.9 Å². The zero-order valence-corrected chi connectivity index (χ0v) is 11.9. The van der Waals surface area contributed by atoms with E-state index in [1.165, 1.54) is 0 Å². The first-order valence-corrected chi connectivity index (χ1v) is 6.65. The normalized spacial score (nSPS) is 10.5. The second kappa shape index (κ2) is 6.43. The van der Waals surface area contributed by atoms with Crippen LogP contribution in [-0.2, 0) is 6.54 Å². The molecule has 112 valence electrons. The number of ether oxygens (including phenoxy) is 1. The molecule has 5 heteroatoms. The molecule has 0 spiro atoms. The largest absolute Gasteiger partial charge is 0.503 e. The number of nitrogens with one attached hydrogen (secondary N) is 1. The van der Waals surface area contributed by atoms with Crippen molar-refractivity contribution in [3.63, 3.8) is 0 Å². The zero-order chi connectivity index (χ0) is 15.4. The number of phenols is 1. The lowest BCUT2D eigenvalue weighted by Gasteiger charge is -2.13. The molecule has 0 heterocycles. The Morgan fingerprint density at radius 3 is 2.43 bits per heavy atom. The summed E-state index contributed by atoms with van der Waals surface area (Å²) < 4.78 is 32.1. The van der Waals surface area contributed by atoms with Crippen LogP contribution in [0.25, 0.3) is 0 Å². The van der Waals surface area contributed by atoms with Gasteiger partial charge in [0.05, 0.1) is 12.3 Å². The molecule has 2 rings (SSSR count). The third kappa shape index (κ3) is 3.62. The van der Waals surface area contributed by atoms with Gasteiger partial charge in [-0.15, -0.1) is 0 Å². The van der Waals surface area contributed by atoms with E-state index in [0.717, 1.165) is 23.4 Å². The molecule has 0 amide bonds. The second-order valence-corrected chi connectivity index (χ2v) is 4.69. The molecule has 0 bridgehead atoms. The highest BCUT2D eigenvalue weighted by atomic mass is 19.1. The van der Waals surface area contributed by atoms with Gasteiger partial charge in [-0.2, -0.15) is 0 Å². The summed E-state index contributed by atoms with van der Waals surface area (Å²) >= 11 is 0. The Hall–Kier alpha value is -2.30. The fourth-order valence-electron chi connectivity index (χ4n) is 1.97. The molecular weight excluding hydrogens is 276 g/mol. The van der Waals surface area contributed by atoms with Crippen molar-refractivity contribution < 1.29 is 18.6 Å². The highest BCUT2D eigenvalue weighted by Crippen LogP contribution is 2.27. The van der Waals surface area contributed by atoms with Gasteiger partial charge >= 0.3 is 0 Å². The Bertz CT molecular complexity index is 621. The summed E-state index contributed by atoms with van der Waals surface area (Å²) in [5.41, 5.74) is 2.20. The third-order valence-corrected chi connectivity index (χ3v) is 3.00. The van der Waals surface area contributed by atoms with Gasteiger partial charge in [0.25, 0.3) is 0 Å². The van der Waals surface area contributed by atoms with Crippen LogP contribution >= 0.6 is 0 Å². The van der Waals surface area contributed by atoms with Gasteiger partial charge in [-0.1, -0.05) is 6.07 Å². The standard InChI is InChI=1S/C16H17F2NO2/c1-3-21-15-6-10(2)4-5-14(15)19-9-11-7-12(17)16(20)13(18)8-11/h4-8,19-20H,3,9H2,1-2H3. The van der Waals surface area contributed by atoms with Crippen molar-refractivity contribution in [1.82, 2.24) is 0 Å². The summed E-state index contributed by atoms with van der Waals surface area (Å²) in [6.45, 7) is 4.59. The van der Waals surface area contributed by atoms with Gasteiger partial charge in [0, 0.05) is 6.54 Å². The van der Waals surface area contributed by atoms with E-state index in [-0.39, 0.29) is 6.54 Å². The minimum absolute atomic E-state index is 0.219. The van der Waals surface area contributed by atoms with E-state index >= 15 is 0 Å². The summed E-state index contributed by atoms with van der Waals surface area (Å²) in [6, 6.07) is 7.86. The number of hydrogen-bond donors (Lipinski definition) is 2. The van der Waals surface area contributed by atoms with Crippen molar-refractivity contribution in [3.05, 3.63) is 53.1 Å². The predicted molar refractivity (Wildman–Crippen MR) is 77.7 cm³/mol. The van der Waals surface area contributed by atoms with Gasteiger partial charge in [-0.05, 0) is 49.2 Å². The number of hydrogen-bond acceptors (Lipinski definition) is 3. The van der Waals surface area contributed by atoms with Crippen molar-refractivity contribution in [2.24, 2.45) is 0 Å². The van der Waals surface area contributed by atoms with Crippen LogP contribution in [0.4, 0.5) is 14.5 Å². The third-order valence-electron chi connectivity index (χ3n) is 3.00. The molecule has 0 aliphatic heterocycles. The summed E-state index contributed by atoms with van der Waals surface area (Å²) in [4.78, 5) is 0. The first-order valence-electron chi connectivity index (χ1n) is 6.65. The highest BCUT2D eigenvalue weighted by Gasteiger charge is 2.10. The number of anilines is 1. The number of benzene rings is 2. The lowest BCUT2D eigenvalue weighted by molar-refractivity contribution is 0.341. The molecule has 0 aliphatic rings. The fraction of sp³-hybridized carbons (Fsp3) is 0.250. The molecule has 2 N–H and O–H groups in total. The molecule has 0 aliphatic carbocycles. The summed E-state index contributed by atoms with van der Waals surface area (Å²) in [5, 5.41) is 12.1. The number of phenolic OH excluding ortho intramolecular Hbond substituents is 1. The zero-order valence-electron chi connectivity index (χ0n) is 11.9. The molecule has 2 aromatic carbocycles. The molecule has 0 saturated carbocycles. The van der Waals surface area contributed by atoms with Gasteiger partial charge in [-0.25, -0.2) is 8.78 Å². The molecule has 0 fully saturated rings. The minimum atomic E-state index is -0.972. The molecule has 3 nitrogen and oxygen atoms in total. The topological polar surface area (TPSA) is 41.5 Å². The Balaban J connectivity index is 2.16. The summed E-state index contributed by atoms with van der Waals surface area (Å²) in [7, 11) is 0. The van der Waals surface area contributed by atoms with Gasteiger partial charge < -0.3 is 15.2 Å². The Morgan fingerprint density at radius 2 is 1.81 bits per heavy atom. The van der Waals surface area contributed by atoms with Crippen LogP contribution in [0.1, 0.15) is 18.1 Å². The first kappa shape index (κ1) is 15.1. The summed E-state index contributed by atoms with van der Waals surface area (Å²) in [6.07, 6.45) is 0. The van der Waals surface area contributed by atoms with E-state index < -0.39 is 17.4 Å². The lowest BCUT2D eigenvalue weighted by Crippen LogP contribution is -2.04. The highest BCUT2D eigenvalue weighted by molar-refractivity contribution is 5.58. The van der Waals surface area contributed by atoms with Crippen LogP contribution in [0.2, 0.25) is 0 Å².